The molecule has 0 saturated heterocycles. The third kappa shape index (κ3) is 3.56. The Labute approximate surface area is 134 Å². The smallest absolute Gasteiger partial charge is 0.240 e. The van der Waals surface area contributed by atoms with Crippen LogP contribution in [0.1, 0.15) is 11.4 Å². The number of nitrogens with one attached hydrogen (secondary N) is 1. The Morgan fingerprint density at radius 2 is 1.91 bits per heavy atom. The van der Waals surface area contributed by atoms with Gasteiger partial charge >= 0.3 is 0 Å². The van der Waals surface area contributed by atoms with Gasteiger partial charge in [0.25, 0.3) is 0 Å². The first-order valence-electron chi connectivity index (χ1n) is 7.56. The molecule has 1 heterocycles. The molecule has 1 aromatic heterocycles. The third-order valence-electron chi connectivity index (χ3n) is 3.80. The lowest BCUT2D eigenvalue weighted by Crippen LogP contribution is -2.29. The summed E-state index contributed by atoms with van der Waals surface area (Å²) in [4.78, 5) is 16.6. The van der Waals surface area contributed by atoms with Gasteiger partial charge in [-0.25, -0.2) is 9.37 Å². The van der Waals surface area contributed by atoms with Crippen molar-refractivity contribution < 1.29 is 9.18 Å². The number of aromatic nitrogens is 2. The molecule has 3 rings (SSSR count). The van der Waals surface area contributed by atoms with E-state index < -0.39 is 0 Å². The zero-order valence-corrected chi connectivity index (χ0v) is 12.9. The van der Waals surface area contributed by atoms with Crippen molar-refractivity contribution in [3.05, 3.63) is 65.7 Å². The van der Waals surface area contributed by atoms with Crippen LogP contribution in [-0.2, 0) is 17.8 Å². The minimum Gasteiger partial charge on any atom is -0.354 e. The van der Waals surface area contributed by atoms with E-state index in [1.807, 2.05) is 35.8 Å². The number of rotatable bonds is 5. The second-order valence-electron chi connectivity index (χ2n) is 5.46. The summed E-state index contributed by atoms with van der Waals surface area (Å²) in [6, 6.07) is 14.1. The Bertz CT molecular complexity index is 824. The Morgan fingerprint density at radius 1 is 1.17 bits per heavy atom. The van der Waals surface area contributed by atoms with Crippen LogP contribution in [0.25, 0.3) is 11.0 Å². The summed E-state index contributed by atoms with van der Waals surface area (Å²) in [5.41, 5.74) is 2.85. The quantitative estimate of drug-likeness (QED) is 0.787. The Balaban J connectivity index is 1.58. The average molecular weight is 311 g/mol. The first kappa shape index (κ1) is 15.2. The van der Waals surface area contributed by atoms with Crippen LogP contribution in [0.2, 0.25) is 0 Å². The molecule has 0 unspecified atom stereocenters. The van der Waals surface area contributed by atoms with Gasteiger partial charge < -0.3 is 9.88 Å². The van der Waals surface area contributed by atoms with Gasteiger partial charge in [0.1, 0.15) is 18.2 Å². The van der Waals surface area contributed by atoms with Gasteiger partial charge in [0, 0.05) is 6.54 Å². The molecule has 0 radical (unpaired) electrons. The average Bonchev–Trinajstić information content (AvgIpc) is 2.85. The van der Waals surface area contributed by atoms with E-state index in [1.165, 1.54) is 12.1 Å². The fourth-order valence-corrected chi connectivity index (χ4v) is 2.59. The van der Waals surface area contributed by atoms with Crippen LogP contribution in [0.5, 0.6) is 0 Å². The molecule has 0 aliphatic heterocycles. The SMILES string of the molecule is Cc1nc2ccccc2n1CC(=O)NCCc1ccc(F)cc1. The van der Waals surface area contributed by atoms with E-state index in [9.17, 15) is 9.18 Å². The summed E-state index contributed by atoms with van der Waals surface area (Å²) in [7, 11) is 0. The van der Waals surface area contributed by atoms with E-state index >= 15 is 0 Å². The molecular formula is C18H18FN3O. The summed E-state index contributed by atoms with van der Waals surface area (Å²) in [6.45, 7) is 2.66. The highest BCUT2D eigenvalue weighted by atomic mass is 19.1. The number of fused-ring (bicyclic) bond motifs is 1. The van der Waals surface area contributed by atoms with Gasteiger partial charge in [0.2, 0.25) is 5.91 Å². The number of para-hydroxylation sites is 2. The second-order valence-corrected chi connectivity index (χ2v) is 5.46. The lowest BCUT2D eigenvalue weighted by Gasteiger charge is -2.08. The fourth-order valence-electron chi connectivity index (χ4n) is 2.59. The van der Waals surface area contributed by atoms with Gasteiger partial charge in [-0.05, 0) is 43.2 Å². The lowest BCUT2D eigenvalue weighted by molar-refractivity contribution is -0.121. The molecule has 23 heavy (non-hydrogen) atoms. The molecule has 0 bridgehead atoms. The van der Waals surface area contributed by atoms with Gasteiger partial charge in [-0.15, -0.1) is 0 Å². The van der Waals surface area contributed by atoms with Crippen LogP contribution in [0.4, 0.5) is 4.39 Å². The Morgan fingerprint density at radius 3 is 2.70 bits per heavy atom. The molecular weight excluding hydrogens is 293 g/mol. The maximum Gasteiger partial charge on any atom is 0.240 e. The number of carbonyl (C=O) groups is 1. The number of imidazole rings is 1. The highest BCUT2D eigenvalue weighted by Gasteiger charge is 2.10. The zero-order chi connectivity index (χ0) is 16.2. The van der Waals surface area contributed by atoms with Crippen molar-refractivity contribution >= 4 is 16.9 Å². The highest BCUT2D eigenvalue weighted by molar-refractivity contribution is 5.81. The van der Waals surface area contributed by atoms with E-state index in [0.29, 0.717) is 13.0 Å². The van der Waals surface area contributed by atoms with E-state index in [-0.39, 0.29) is 18.3 Å². The molecule has 0 atom stereocenters. The number of halogens is 1. The number of hydrogen-bond donors (Lipinski definition) is 1. The highest BCUT2D eigenvalue weighted by Crippen LogP contribution is 2.15. The van der Waals surface area contributed by atoms with Crippen molar-refractivity contribution in [3.8, 4) is 0 Å². The largest absolute Gasteiger partial charge is 0.354 e. The van der Waals surface area contributed by atoms with Crippen molar-refractivity contribution in [3.63, 3.8) is 0 Å². The van der Waals surface area contributed by atoms with Crippen molar-refractivity contribution in [1.82, 2.24) is 14.9 Å². The number of nitrogens with zero attached hydrogens (tertiary/aromatic N) is 2. The molecule has 5 heteroatoms. The maximum atomic E-state index is 12.8. The van der Waals surface area contributed by atoms with Crippen molar-refractivity contribution in [2.24, 2.45) is 0 Å². The summed E-state index contributed by atoms with van der Waals surface area (Å²) < 4.78 is 14.7. The van der Waals surface area contributed by atoms with Crippen LogP contribution in [0, 0.1) is 12.7 Å². The topological polar surface area (TPSA) is 46.9 Å². The third-order valence-corrected chi connectivity index (χ3v) is 3.80. The molecule has 0 aliphatic carbocycles. The number of hydrogen-bond acceptors (Lipinski definition) is 2. The van der Waals surface area contributed by atoms with Crippen molar-refractivity contribution in [2.75, 3.05) is 6.54 Å². The van der Waals surface area contributed by atoms with Crippen LogP contribution in [0.3, 0.4) is 0 Å². The van der Waals surface area contributed by atoms with Crippen LogP contribution < -0.4 is 5.32 Å². The van der Waals surface area contributed by atoms with E-state index in [4.69, 9.17) is 0 Å². The molecule has 4 nitrogen and oxygen atoms in total. The molecule has 0 aliphatic rings. The van der Waals surface area contributed by atoms with E-state index in [2.05, 4.69) is 10.3 Å². The van der Waals surface area contributed by atoms with Gasteiger partial charge in [0.05, 0.1) is 11.0 Å². The molecule has 2 aromatic carbocycles. The summed E-state index contributed by atoms with van der Waals surface area (Å²) >= 11 is 0. The number of aryl methyl sites for hydroxylation is 1. The van der Waals surface area contributed by atoms with Gasteiger partial charge in [-0.2, -0.15) is 0 Å². The van der Waals surface area contributed by atoms with Crippen LogP contribution >= 0.6 is 0 Å². The normalized spacial score (nSPS) is 10.9. The minimum absolute atomic E-state index is 0.0571. The molecule has 118 valence electrons. The maximum absolute atomic E-state index is 12.8. The monoisotopic (exact) mass is 311 g/mol. The molecule has 0 saturated carbocycles. The number of benzene rings is 2. The first-order chi connectivity index (χ1) is 11.1. The first-order valence-corrected chi connectivity index (χ1v) is 7.56. The van der Waals surface area contributed by atoms with Crippen LogP contribution in [-0.4, -0.2) is 22.0 Å². The van der Waals surface area contributed by atoms with Gasteiger partial charge in [-0.1, -0.05) is 24.3 Å². The lowest BCUT2D eigenvalue weighted by atomic mass is 10.1. The molecule has 3 aromatic rings. The second kappa shape index (κ2) is 6.60. The predicted molar refractivity (Wildman–Crippen MR) is 87.6 cm³/mol. The zero-order valence-electron chi connectivity index (χ0n) is 12.9. The molecule has 0 fully saturated rings. The predicted octanol–water partition coefficient (Wildman–Crippen LogP) is 2.84. The standard InChI is InChI=1S/C18H18FN3O/c1-13-21-16-4-2-3-5-17(16)22(13)12-18(23)20-11-10-14-6-8-15(19)9-7-14/h2-9H,10-12H2,1H3,(H,20,23). The van der Waals surface area contributed by atoms with Crippen molar-refractivity contribution in [2.45, 2.75) is 19.9 Å². The fraction of sp³-hybridized carbons (Fsp3) is 0.222. The van der Waals surface area contributed by atoms with Crippen LogP contribution in [0.15, 0.2) is 48.5 Å². The Kier molecular flexibility index (Phi) is 4.37. The van der Waals surface area contributed by atoms with E-state index in [0.717, 1.165) is 22.4 Å². The van der Waals surface area contributed by atoms with Gasteiger partial charge in [-0.3, -0.25) is 4.79 Å². The number of carbonyl (C=O) groups excluding carboxylic acids is 1. The molecule has 0 spiro atoms. The summed E-state index contributed by atoms with van der Waals surface area (Å²) in [5, 5.41) is 2.89. The molecule has 1 N–H and O–H groups in total. The van der Waals surface area contributed by atoms with E-state index in [1.54, 1.807) is 12.1 Å². The molecule has 1 amide bonds. The van der Waals surface area contributed by atoms with Crippen molar-refractivity contribution in [1.29, 1.82) is 0 Å². The number of amides is 1. The van der Waals surface area contributed by atoms with Gasteiger partial charge in [0.15, 0.2) is 0 Å². The minimum atomic E-state index is -0.250. The Hall–Kier alpha value is -2.69. The summed E-state index contributed by atoms with van der Waals surface area (Å²) in [5.74, 6) is 0.512. The summed E-state index contributed by atoms with van der Waals surface area (Å²) in [6.07, 6.45) is 0.676.